The second kappa shape index (κ2) is 6.34. The van der Waals surface area contributed by atoms with Crippen LogP contribution in [0.3, 0.4) is 0 Å². The summed E-state index contributed by atoms with van der Waals surface area (Å²) in [5.74, 6) is 0.0168. The Morgan fingerprint density at radius 1 is 1.18 bits per heavy atom. The fourth-order valence-electron chi connectivity index (χ4n) is 2.21. The number of para-hydroxylation sites is 1. The summed E-state index contributed by atoms with van der Waals surface area (Å²) in [6.07, 6.45) is 0. The van der Waals surface area contributed by atoms with Crippen molar-refractivity contribution >= 4 is 50.1 Å². The predicted octanol–water partition coefficient (Wildman–Crippen LogP) is 4.73. The highest BCUT2D eigenvalue weighted by molar-refractivity contribution is 14.1. The molecular weight excluding hydrogens is 407 g/mol. The molecule has 0 N–H and O–H groups in total. The van der Waals surface area contributed by atoms with Crippen LogP contribution in [0.25, 0.3) is 10.2 Å². The molecule has 0 radical (unpaired) electrons. The van der Waals surface area contributed by atoms with E-state index >= 15 is 0 Å². The Labute approximate surface area is 147 Å². The van der Waals surface area contributed by atoms with Gasteiger partial charge in [-0.3, -0.25) is 4.79 Å². The molecule has 0 aliphatic carbocycles. The topological polar surface area (TPSA) is 33.2 Å². The number of hydrogen-bond donors (Lipinski definition) is 0. The molecule has 1 aromatic heterocycles. The quantitative estimate of drug-likeness (QED) is 0.572. The number of thiazole rings is 1. The van der Waals surface area contributed by atoms with Crippen molar-refractivity contribution in [1.82, 2.24) is 9.88 Å². The molecule has 1 heterocycles. The highest BCUT2D eigenvalue weighted by Crippen LogP contribution is 2.29. The van der Waals surface area contributed by atoms with Crippen molar-refractivity contribution in [2.45, 2.75) is 13.0 Å². The van der Waals surface area contributed by atoms with Gasteiger partial charge in [-0.1, -0.05) is 12.1 Å². The highest BCUT2D eigenvalue weighted by Gasteiger charge is 2.21. The molecule has 0 saturated heterocycles. The lowest BCUT2D eigenvalue weighted by Crippen LogP contribution is -2.29. The summed E-state index contributed by atoms with van der Waals surface area (Å²) in [6, 6.07) is 15.6. The van der Waals surface area contributed by atoms with Gasteiger partial charge in [-0.05, 0) is 65.9 Å². The molecule has 3 aromatic rings. The van der Waals surface area contributed by atoms with Crippen LogP contribution in [-0.2, 0) is 0 Å². The summed E-state index contributed by atoms with van der Waals surface area (Å²) in [5, 5.41) is 0.961. The van der Waals surface area contributed by atoms with Crippen molar-refractivity contribution in [3.8, 4) is 0 Å². The molecule has 5 heteroatoms. The van der Waals surface area contributed by atoms with Gasteiger partial charge in [0.2, 0.25) is 0 Å². The summed E-state index contributed by atoms with van der Waals surface area (Å²) in [6.45, 7) is 2.02. The van der Waals surface area contributed by atoms with Gasteiger partial charge in [0, 0.05) is 16.2 Å². The number of rotatable bonds is 3. The molecule has 3 rings (SSSR count). The Hall–Kier alpha value is -1.47. The Bertz CT molecular complexity index is 780. The van der Waals surface area contributed by atoms with Crippen LogP contribution >= 0.6 is 33.9 Å². The maximum absolute atomic E-state index is 12.6. The number of hydrogen-bond acceptors (Lipinski definition) is 3. The lowest BCUT2D eigenvalue weighted by molar-refractivity contribution is 0.0742. The smallest absolute Gasteiger partial charge is 0.254 e. The van der Waals surface area contributed by atoms with Gasteiger partial charge in [0.25, 0.3) is 5.91 Å². The average molecular weight is 422 g/mol. The van der Waals surface area contributed by atoms with Crippen LogP contribution in [0.1, 0.15) is 28.3 Å². The fourth-order valence-corrected chi connectivity index (χ4v) is 3.63. The summed E-state index contributed by atoms with van der Waals surface area (Å²) in [7, 11) is 1.83. The monoisotopic (exact) mass is 422 g/mol. The average Bonchev–Trinajstić information content (AvgIpc) is 2.97. The van der Waals surface area contributed by atoms with Gasteiger partial charge >= 0.3 is 0 Å². The van der Waals surface area contributed by atoms with E-state index in [0.29, 0.717) is 5.56 Å². The number of amides is 1. The Morgan fingerprint density at radius 2 is 1.86 bits per heavy atom. The van der Waals surface area contributed by atoms with Crippen molar-refractivity contribution in [3.05, 3.63) is 62.7 Å². The number of aromatic nitrogens is 1. The second-order valence-electron chi connectivity index (χ2n) is 5.12. The van der Waals surface area contributed by atoms with Gasteiger partial charge in [-0.15, -0.1) is 11.3 Å². The Kier molecular flexibility index (Phi) is 4.44. The van der Waals surface area contributed by atoms with Crippen molar-refractivity contribution < 1.29 is 4.79 Å². The van der Waals surface area contributed by atoms with E-state index in [1.807, 2.05) is 56.4 Å². The molecule has 0 aliphatic rings. The molecule has 2 aromatic carbocycles. The van der Waals surface area contributed by atoms with E-state index in [4.69, 9.17) is 0 Å². The van der Waals surface area contributed by atoms with Crippen LogP contribution in [0.5, 0.6) is 0 Å². The van der Waals surface area contributed by atoms with Crippen molar-refractivity contribution in [2.75, 3.05) is 7.05 Å². The molecule has 0 unspecified atom stereocenters. The maximum atomic E-state index is 12.6. The van der Waals surface area contributed by atoms with Crippen molar-refractivity contribution in [3.63, 3.8) is 0 Å². The third kappa shape index (κ3) is 3.01. The molecule has 0 spiro atoms. The molecular formula is C17H15IN2OS. The van der Waals surface area contributed by atoms with E-state index in [1.165, 1.54) is 0 Å². The first-order chi connectivity index (χ1) is 10.6. The van der Waals surface area contributed by atoms with Gasteiger partial charge in [0.1, 0.15) is 5.01 Å². The number of nitrogens with zero attached hydrogens (tertiary/aromatic N) is 2. The number of halogens is 1. The SMILES string of the molecule is C[C@@H](c1nc2ccccc2s1)N(C)C(=O)c1ccc(I)cc1. The minimum Gasteiger partial charge on any atom is -0.333 e. The first-order valence-corrected chi connectivity index (χ1v) is 8.84. The van der Waals surface area contributed by atoms with Crippen LogP contribution in [0, 0.1) is 3.57 Å². The molecule has 0 aliphatic heterocycles. The molecule has 3 nitrogen and oxygen atoms in total. The molecule has 112 valence electrons. The van der Waals surface area contributed by atoms with Crippen molar-refractivity contribution in [1.29, 1.82) is 0 Å². The number of benzene rings is 2. The third-order valence-corrected chi connectivity index (χ3v) is 5.59. The zero-order valence-corrected chi connectivity index (χ0v) is 15.3. The fraction of sp³-hybridized carbons (Fsp3) is 0.176. The summed E-state index contributed by atoms with van der Waals surface area (Å²) >= 11 is 3.88. The van der Waals surface area contributed by atoms with Crippen LogP contribution in [0.4, 0.5) is 0 Å². The number of carbonyl (C=O) groups is 1. The van der Waals surface area contributed by atoms with Gasteiger partial charge < -0.3 is 4.90 Å². The van der Waals surface area contributed by atoms with E-state index in [2.05, 4.69) is 33.6 Å². The summed E-state index contributed by atoms with van der Waals surface area (Å²) in [5.41, 5.74) is 1.69. The zero-order valence-electron chi connectivity index (χ0n) is 12.3. The van der Waals surface area contributed by atoms with E-state index in [9.17, 15) is 4.79 Å². The Balaban J connectivity index is 1.85. The number of carbonyl (C=O) groups excluding carboxylic acids is 1. The molecule has 1 amide bonds. The minimum atomic E-state index is -0.0517. The molecule has 0 fully saturated rings. The number of fused-ring (bicyclic) bond motifs is 1. The minimum absolute atomic E-state index is 0.0168. The first kappa shape index (κ1) is 15.4. The van der Waals surface area contributed by atoms with Gasteiger partial charge in [0.05, 0.1) is 16.3 Å². The molecule has 1 atom stereocenters. The molecule has 0 saturated carbocycles. The van der Waals surface area contributed by atoms with Crippen molar-refractivity contribution in [2.24, 2.45) is 0 Å². The Morgan fingerprint density at radius 3 is 2.55 bits per heavy atom. The first-order valence-electron chi connectivity index (χ1n) is 6.94. The van der Waals surface area contributed by atoms with Crippen LogP contribution in [0.15, 0.2) is 48.5 Å². The third-order valence-electron chi connectivity index (χ3n) is 3.66. The van der Waals surface area contributed by atoms with Gasteiger partial charge in [-0.25, -0.2) is 4.98 Å². The van der Waals surface area contributed by atoms with Crippen LogP contribution < -0.4 is 0 Å². The molecule has 22 heavy (non-hydrogen) atoms. The summed E-state index contributed by atoms with van der Waals surface area (Å²) in [4.78, 5) is 19.0. The zero-order chi connectivity index (χ0) is 15.7. The van der Waals surface area contributed by atoms with Gasteiger partial charge in [-0.2, -0.15) is 0 Å². The van der Waals surface area contributed by atoms with Crippen LogP contribution in [-0.4, -0.2) is 22.8 Å². The van der Waals surface area contributed by atoms with E-state index < -0.39 is 0 Å². The molecule has 0 bridgehead atoms. The van der Waals surface area contributed by atoms with E-state index in [-0.39, 0.29) is 11.9 Å². The van der Waals surface area contributed by atoms with Crippen LogP contribution in [0.2, 0.25) is 0 Å². The lowest BCUT2D eigenvalue weighted by Gasteiger charge is -2.23. The second-order valence-corrected chi connectivity index (χ2v) is 7.43. The van der Waals surface area contributed by atoms with Gasteiger partial charge in [0.15, 0.2) is 0 Å². The standard InChI is InChI=1S/C17H15IN2OS/c1-11(16-19-14-5-3-4-6-15(14)22-16)20(2)17(21)12-7-9-13(18)10-8-12/h3-11H,1-2H3/t11-/m0/s1. The lowest BCUT2D eigenvalue weighted by atomic mass is 10.2. The predicted molar refractivity (Wildman–Crippen MR) is 99.3 cm³/mol. The van der Waals surface area contributed by atoms with E-state index in [1.54, 1.807) is 16.2 Å². The van der Waals surface area contributed by atoms with E-state index in [0.717, 1.165) is 18.8 Å². The normalized spacial score (nSPS) is 12.3. The maximum Gasteiger partial charge on any atom is 0.254 e. The summed E-state index contributed by atoms with van der Waals surface area (Å²) < 4.78 is 2.27. The highest BCUT2D eigenvalue weighted by atomic mass is 127. The largest absolute Gasteiger partial charge is 0.333 e.